The molecule has 0 aliphatic heterocycles. The molecule has 112 valence electrons. The zero-order valence-electron chi connectivity index (χ0n) is 13.2. The number of thiazole rings is 1. The number of nitrogens with zero attached hydrogens (tertiary/aromatic N) is 1. The molecule has 0 saturated carbocycles. The molecule has 0 aliphatic carbocycles. The number of carbonyl (C=O) groups excluding carboxylic acids is 1. The van der Waals surface area contributed by atoms with Crippen LogP contribution in [0.4, 0.5) is 0 Å². The Balaban J connectivity index is 2.22. The predicted octanol–water partition coefficient (Wildman–Crippen LogP) is 4.24. The lowest BCUT2D eigenvalue weighted by Gasteiger charge is -2.26. The molecule has 1 aromatic heterocycles. The van der Waals surface area contributed by atoms with Crippen LogP contribution in [-0.4, -0.2) is 10.9 Å². The summed E-state index contributed by atoms with van der Waals surface area (Å²) in [6, 6.07) is 10.00. The first-order chi connectivity index (χ1) is 9.81. The molecule has 3 nitrogen and oxygen atoms in total. The van der Waals surface area contributed by atoms with Crippen LogP contribution in [0.5, 0.6) is 0 Å². The first-order valence-electron chi connectivity index (χ1n) is 7.16. The summed E-state index contributed by atoms with van der Waals surface area (Å²) in [5, 5.41) is 4.12. The molecule has 0 saturated heterocycles. The van der Waals surface area contributed by atoms with E-state index in [0.29, 0.717) is 10.8 Å². The van der Waals surface area contributed by atoms with Crippen molar-refractivity contribution >= 4 is 17.2 Å². The number of amides is 1. The van der Waals surface area contributed by atoms with Gasteiger partial charge in [0.2, 0.25) is 0 Å². The topological polar surface area (TPSA) is 42.0 Å². The van der Waals surface area contributed by atoms with E-state index in [1.807, 2.05) is 51.1 Å². The van der Waals surface area contributed by atoms with Crippen LogP contribution >= 0.6 is 11.3 Å². The third-order valence-corrected chi connectivity index (χ3v) is 4.89. The van der Waals surface area contributed by atoms with E-state index in [1.165, 1.54) is 11.3 Å². The van der Waals surface area contributed by atoms with Crippen LogP contribution < -0.4 is 5.32 Å². The van der Waals surface area contributed by atoms with Crippen molar-refractivity contribution in [2.75, 3.05) is 0 Å². The molecular formula is C17H22N2OS. The second-order valence-electron chi connectivity index (χ2n) is 6.07. The molecule has 0 spiro atoms. The molecule has 0 bridgehead atoms. The summed E-state index contributed by atoms with van der Waals surface area (Å²) < 4.78 is 0. The summed E-state index contributed by atoms with van der Waals surface area (Å²) in [6.45, 7) is 10.1. The van der Waals surface area contributed by atoms with Crippen molar-refractivity contribution in [3.63, 3.8) is 0 Å². The molecule has 21 heavy (non-hydrogen) atoms. The Kier molecular flexibility index (Phi) is 4.47. The second kappa shape index (κ2) is 5.98. The van der Waals surface area contributed by atoms with Crippen LogP contribution in [0.3, 0.4) is 0 Å². The van der Waals surface area contributed by atoms with Crippen molar-refractivity contribution in [1.29, 1.82) is 0 Å². The minimum atomic E-state index is -0.410. The van der Waals surface area contributed by atoms with Gasteiger partial charge in [-0.2, -0.15) is 0 Å². The van der Waals surface area contributed by atoms with Crippen LogP contribution in [0.2, 0.25) is 0 Å². The first kappa shape index (κ1) is 15.7. The normalized spacial score (nSPS) is 11.7. The molecule has 0 radical (unpaired) electrons. The molecule has 1 N–H and O–H groups in total. The molecule has 1 aromatic carbocycles. The number of aryl methyl sites for hydroxylation is 1. The summed E-state index contributed by atoms with van der Waals surface area (Å²) in [5.74, 6) is 0.295. The molecule has 0 fully saturated rings. The van der Waals surface area contributed by atoms with Crippen LogP contribution in [0.1, 0.15) is 59.5 Å². The number of nitrogens with one attached hydrogen (secondary N) is 1. The molecule has 0 atom stereocenters. The van der Waals surface area contributed by atoms with Crippen molar-refractivity contribution in [2.24, 2.45) is 0 Å². The monoisotopic (exact) mass is 302 g/mol. The lowest BCUT2D eigenvalue weighted by molar-refractivity contribution is 0.0915. The summed E-state index contributed by atoms with van der Waals surface area (Å²) in [5.41, 5.74) is 1.49. The molecule has 0 unspecified atom stereocenters. The lowest BCUT2D eigenvalue weighted by atomic mass is 9.94. The van der Waals surface area contributed by atoms with Gasteiger partial charge in [-0.15, -0.1) is 11.3 Å². The van der Waals surface area contributed by atoms with E-state index in [9.17, 15) is 4.79 Å². The summed E-state index contributed by atoms with van der Waals surface area (Å²) in [7, 11) is 0. The Morgan fingerprint density at radius 1 is 1.24 bits per heavy atom. The van der Waals surface area contributed by atoms with Gasteiger partial charge in [0.15, 0.2) is 0 Å². The van der Waals surface area contributed by atoms with Crippen molar-refractivity contribution in [3.8, 4) is 0 Å². The van der Waals surface area contributed by atoms with Crippen molar-refractivity contribution in [3.05, 3.63) is 51.5 Å². The maximum absolute atomic E-state index is 12.5. The predicted molar refractivity (Wildman–Crippen MR) is 87.9 cm³/mol. The highest BCUT2D eigenvalue weighted by Gasteiger charge is 2.25. The third kappa shape index (κ3) is 3.50. The Morgan fingerprint density at radius 2 is 1.86 bits per heavy atom. The fourth-order valence-electron chi connectivity index (χ4n) is 2.14. The number of carbonyl (C=O) groups is 1. The fraction of sp³-hybridized carbons (Fsp3) is 0.412. The molecule has 2 rings (SSSR count). The number of benzene rings is 1. The molecule has 1 heterocycles. The Hall–Kier alpha value is -1.68. The van der Waals surface area contributed by atoms with E-state index >= 15 is 0 Å². The average molecular weight is 302 g/mol. The highest BCUT2D eigenvalue weighted by atomic mass is 32.1. The number of hydrogen-bond donors (Lipinski definition) is 1. The van der Waals surface area contributed by atoms with Gasteiger partial charge in [0.1, 0.15) is 4.88 Å². The summed E-state index contributed by atoms with van der Waals surface area (Å²) >= 11 is 1.49. The minimum absolute atomic E-state index is 0.0502. The zero-order valence-corrected chi connectivity index (χ0v) is 14.0. The average Bonchev–Trinajstić information content (AvgIpc) is 2.82. The van der Waals surface area contributed by atoms with E-state index in [4.69, 9.17) is 0 Å². The van der Waals surface area contributed by atoms with E-state index in [1.54, 1.807) is 0 Å². The van der Waals surface area contributed by atoms with Crippen LogP contribution in [-0.2, 0) is 5.54 Å². The van der Waals surface area contributed by atoms with Crippen LogP contribution in [0.25, 0.3) is 0 Å². The fourth-order valence-corrected chi connectivity index (χ4v) is 3.11. The van der Waals surface area contributed by atoms with Gasteiger partial charge in [-0.3, -0.25) is 4.79 Å². The standard InChI is InChI=1S/C17H22N2OS/c1-11(2)16-18-12(3)14(21-16)15(20)19-17(4,5)13-9-7-6-8-10-13/h6-11H,1-5H3,(H,19,20). The van der Waals surface area contributed by atoms with Gasteiger partial charge >= 0.3 is 0 Å². The zero-order chi connectivity index (χ0) is 15.6. The lowest BCUT2D eigenvalue weighted by Crippen LogP contribution is -2.40. The first-order valence-corrected chi connectivity index (χ1v) is 7.98. The quantitative estimate of drug-likeness (QED) is 0.918. The highest BCUT2D eigenvalue weighted by Crippen LogP contribution is 2.26. The summed E-state index contributed by atoms with van der Waals surface area (Å²) in [6.07, 6.45) is 0. The molecule has 0 aliphatic rings. The van der Waals surface area contributed by atoms with Gasteiger partial charge in [0.05, 0.1) is 16.2 Å². The number of rotatable bonds is 4. The van der Waals surface area contributed by atoms with Gasteiger partial charge in [-0.25, -0.2) is 4.98 Å². The highest BCUT2D eigenvalue weighted by molar-refractivity contribution is 7.13. The second-order valence-corrected chi connectivity index (χ2v) is 7.10. The maximum Gasteiger partial charge on any atom is 0.263 e. The number of aromatic nitrogens is 1. The van der Waals surface area contributed by atoms with E-state index in [-0.39, 0.29) is 5.91 Å². The van der Waals surface area contributed by atoms with E-state index < -0.39 is 5.54 Å². The van der Waals surface area contributed by atoms with Gasteiger partial charge in [0, 0.05) is 5.92 Å². The summed E-state index contributed by atoms with van der Waals surface area (Å²) in [4.78, 5) is 17.8. The van der Waals surface area contributed by atoms with Gasteiger partial charge in [0.25, 0.3) is 5.91 Å². The number of hydrogen-bond acceptors (Lipinski definition) is 3. The largest absolute Gasteiger partial charge is 0.342 e. The van der Waals surface area contributed by atoms with Gasteiger partial charge in [-0.05, 0) is 26.3 Å². The van der Waals surface area contributed by atoms with Crippen molar-refractivity contribution in [2.45, 2.75) is 46.1 Å². The van der Waals surface area contributed by atoms with E-state index in [0.717, 1.165) is 16.3 Å². The Labute approximate surface area is 130 Å². The molecular weight excluding hydrogens is 280 g/mol. The molecule has 2 aromatic rings. The SMILES string of the molecule is Cc1nc(C(C)C)sc1C(=O)NC(C)(C)c1ccccc1. The molecule has 4 heteroatoms. The maximum atomic E-state index is 12.5. The van der Waals surface area contributed by atoms with E-state index in [2.05, 4.69) is 24.1 Å². The van der Waals surface area contributed by atoms with Gasteiger partial charge in [-0.1, -0.05) is 44.2 Å². The smallest absolute Gasteiger partial charge is 0.263 e. The third-order valence-electron chi connectivity index (χ3n) is 3.43. The van der Waals surface area contributed by atoms with Crippen LogP contribution in [0.15, 0.2) is 30.3 Å². The van der Waals surface area contributed by atoms with Crippen molar-refractivity contribution < 1.29 is 4.79 Å². The minimum Gasteiger partial charge on any atom is -0.342 e. The Bertz CT molecular complexity index is 629. The van der Waals surface area contributed by atoms with Crippen molar-refractivity contribution in [1.82, 2.24) is 10.3 Å². The van der Waals surface area contributed by atoms with Crippen LogP contribution in [0, 0.1) is 6.92 Å². The molecule has 1 amide bonds. The Morgan fingerprint density at radius 3 is 2.38 bits per heavy atom. The van der Waals surface area contributed by atoms with Gasteiger partial charge < -0.3 is 5.32 Å².